The highest BCUT2D eigenvalue weighted by Gasteiger charge is 2.23. The van der Waals surface area contributed by atoms with Gasteiger partial charge in [0.15, 0.2) is 0 Å². The van der Waals surface area contributed by atoms with E-state index in [1.165, 1.54) is 6.07 Å². The Labute approximate surface area is 118 Å². The summed E-state index contributed by atoms with van der Waals surface area (Å²) in [6, 6.07) is 6.02. The van der Waals surface area contributed by atoms with Gasteiger partial charge in [0.1, 0.15) is 5.82 Å². The quantitative estimate of drug-likeness (QED) is 0.925. The van der Waals surface area contributed by atoms with Gasteiger partial charge in [0.2, 0.25) is 0 Å². The topological polar surface area (TPSA) is 41.6 Å². The minimum absolute atomic E-state index is 0.143. The number of halogens is 1. The molecular formula is C15H21FN2O2. The second kappa shape index (κ2) is 6.70. The minimum atomic E-state index is -0.344. The summed E-state index contributed by atoms with van der Waals surface area (Å²) >= 11 is 0. The summed E-state index contributed by atoms with van der Waals surface area (Å²) in [5.74, 6) is -0.293. The van der Waals surface area contributed by atoms with Gasteiger partial charge in [0.05, 0.1) is 12.1 Å². The van der Waals surface area contributed by atoms with Crippen LogP contribution in [0.25, 0.3) is 0 Å². The number of methoxy groups -OCH3 is 1. The maximum absolute atomic E-state index is 13.6. The van der Waals surface area contributed by atoms with Crippen molar-refractivity contribution in [2.75, 3.05) is 20.2 Å². The molecule has 20 heavy (non-hydrogen) atoms. The number of benzene rings is 1. The molecule has 1 atom stereocenters. The number of nitrogens with one attached hydrogen (secondary N) is 1. The molecular weight excluding hydrogens is 259 g/mol. The standard InChI is InChI=1S/C15H21FN2O2/c1-11(13-5-3-4-6-14(13)16)17-15(19)18-9-7-12(20-2)8-10-18/h3-6,11-12H,7-10H2,1-2H3,(H,17,19). The molecule has 2 amide bonds. The Bertz CT molecular complexity index is 459. The largest absolute Gasteiger partial charge is 0.381 e. The van der Waals surface area contributed by atoms with E-state index in [9.17, 15) is 9.18 Å². The number of amides is 2. The van der Waals surface area contributed by atoms with Crippen molar-refractivity contribution >= 4 is 6.03 Å². The van der Waals surface area contributed by atoms with Crippen LogP contribution in [-0.2, 0) is 4.74 Å². The molecule has 0 aromatic heterocycles. The Morgan fingerprint density at radius 2 is 2.05 bits per heavy atom. The van der Waals surface area contributed by atoms with Crippen LogP contribution in [0.4, 0.5) is 9.18 Å². The predicted molar refractivity (Wildman–Crippen MR) is 75.0 cm³/mol. The van der Waals surface area contributed by atoms with E-state index in [4.69, 9.17) is 4.74 Å². The first-order chi connectivity index (χ1) is 9.61. The highest BCUT2D eigenvalue weighted by Crippen LogP contribution is 2.18. The molecule has 2 rings (SSSR count). The molecule has 0 saturated carbocycles. The SMILES string of the molecule is COC1CCN(C(=O)NC(C)c2ccccc2F)CC1. The average molecular weight is 280 g/mol. The van der Waals surface area contributed by atoms with Crippen molar-refractivity contribution < 1.29 is 13.9 Å². The molecule has 1 aromatic carbocycles. The first-order valence-corrected chi connectivity index (χ1v) is 6.94. The molecule has 1 aliphatic heterocycles. The maximum Gasteiger partial charge on any atom is 0.317 e. The number of hydrogen-bond donors (Lipinski definition) is 1. The Morgan fingerprint density at radius 1 is 1.40 bits per heavy atom. The van der Waals surface area contributed by atoms with E-state index in [0.29, 0.717) is 18.7 Å². The van der Waals surface area contributed by atoms with Crippen molar-refractivity contribution in [1.82, 2.24) is 10.2 Å². The number of carbonyl (C=O) groups excluding carboxylic acids is 1. The number of rotatable bonds is 3. The van der Waals surface area contributed by atoms with E-state index in [2.05, 4.69) is 5.32 Å². The summed E-state index contributed by atoms with van der Waals surface area (Å²) in [5, 5.41) is 2.85. The number of carbonyl (C=O) groups is 1. The molecule has 0 bridgehead atoms. The van der Waals surface area contributed by atoms with E-state index in [-0.39, 0.29) is 24.0 Å². The molecule has 0 radical (unpaired) electrons. The van der Waals surface area contributed by atoms with Crippen LogP contribution in [0.3, 0.4) is 0 Å². The summed E-state index contributed by atoms with van der Waals surface area (Å²) in [7, 11) is 1.70. The number of likely N-dealkylation sites (tertiary alicyclic amines) is 1. The van der Waals surface area contributed by atoms with Crippen LogP contribution in [0.2, 0.25) is 0 Å². The zero-order valence-corrected chi connectivity index (χ0v) is 11.9. The van der Waals surface area contributed by atoms with Crippen LogP contribution in [-0.4, -0.2) is 37.2 Å². The molecule has 4 nitrogen and oxygen atoms in total. The van der Waals surface area contributed by atoms with Crippen LogP contribution >= 0.6 is 0 Å². The Hall–Kier alpha value is -1.62. The van der Waals surface area contributed by atoms with Crippen molar-refractivity contribution in [3.05, 3.63) is 35.6 Å². The van der Waals surface area contributed by atoms with Gasteiger partial charge in [-0.15, -0.1) is 0 Å². The monoisotopic (exact) mass is 280 g/mol. The van der Waals surface area contributed by atoms with Gasteiger partial charge in [-0.1, -0.05) is 18.2 Å². The fourth-order valence-electron chi connectivity index (χ4n) is 2.48. The van der Waals surface area contributed by atoms with Gasteiger partial charge in [-0.25, -0.2) is 9.18 Å². The van der Waals surface area contributed by atoms with Crippen molar-refractivity contribution in [2.45, 2.75) is 31.9 Å². The first kappa shape index (κ1) is 14.8. The number of nitrogens with zero attached hydrogens (tertiary/aromatic N) is 1. The van der Waals surface area contributed by atoms with E-state index >= 15 is 0 Å². The predicted octanol–water partition coefficient (Wildman–Crippen LogP) is 2.71. The minimum Gasteiger partial charge on any atom is -0.381 e. The molecule has 0 aliphatic carbocycles. The third-order valence-electron chi connectivity index (χ3n) is 3.77. The van der Waals surface area contributed by atoms with Crippen LogP contribution in [0.1, 0.15) is 31.4 Å². The molecule has 1 N–H and O–H groups in total. The van der Waals surface area contributed by atoms with Crippen LogP contribution in [0.15, 0.2) is 24.3 Å². The Balaban J connectivity index is 1.90. The zero-order chi connectivity index (χ0) is 14.5. The number of piperidine rings is 1. The van der Waals surface area contributed by atoms with Gasteiger partial charge in [-0.05, 0) is 25.8 Å². The second-order valence-corrected chi connectivity index (χ2v) is 5.11. The van der Waals surface area contributed by atoms with Crippen molar-refractivity contribution in [2.24, 2.45) is 0 Å². The van der Waals surface area contributed by atoms with Gasteiger partial charge in [0, 0.05) is 25.8 Å². The van der Waals surface area contributed by atoms with Gasteiger partial charge in [0.25, 0.3) is 0 Å². The molecule has 1 aliphatic rings. The van der Waals surface area contributed by atoms with Crippen LogP contribution < -0.4 is 5.32 Å². The lowest BCUT2D eigenvalue weighted by Crippen LogP contribution is -2.46. The molecule has 1 unspecified atom stereocenters. The highest BCUT2D eigenvalue weighted by atomic mass is 19.1. The van der Waals surface area contributed by atoms with Crippen molar-refractivity contribution in [3.63, 3.8) is 0 Å². The molecule has 0 spiro atoms. The summed E-state index contributed by atoms with van der Waals surface area (Å²) in [5.41, 5.74) is 0.507. The van der Waals surface area contributed by atoms with E-state index < -0.39 is 0 Å². The summed E-state index contributed by atoms with van der Waals surface area (Å²) in [6.07, 6.45) is 1.93. The van der Waals surface area contributed by atoms with E-state index in [0.717, 1.165) is 12.8 Å². The average Bonchev–Trinajstić information content (AvgIpc) is 2.47. The summed E-state index contributed by atoms with van der Waals surface area (Å²) in [6.45, 7) is 3.14. The fraction of sp³-hybridized carbons (Fsp3) is 0.533. The van der Waals surface area contributed by atoms with Crippen molar-refractivity contribution in [3.8, 4) is 0 Å². The summed E-state index contributed by atoms with van der Waals surface area (Å²) < 4.78 is 18.9. The molecule has 1 aromatic rings. The van der Waals surface area contributed by atoms with E-state index in [1.807, 2.05) is 0 Å². The van der Waals surface area contributed by atoms with Gasteiger partial charge in [-0.2, -0.15) is 0 Å². The smallest absolute Gasteiger partial charge is 0.317 e. The lowest BCUT2D eigenvalue weighted by atomic mass is 10.1. The van der Waals surface area contributed by atoms with Crippen molar-refractivity contribution in [1.29, 1.82) is 0 Å². The third kappa shape index (κ3) is 3.48. The van der Waals surface area contributed by atoms with Gasteiger partial charge >= 0.3 is 6.03 Å². The molecule has 1 heterocycles. The summed E-state index contributed by atoms with van der Waals surface area (Å²) in [4.78, 5) is 13.9. The normalized spacial score (nSPS) is 17.9. The third-order valence-corrected chi connectivity index (χ3v) is 3.77. The molecule has 1 fully saturated rings. The van der Waals surface area contributed by atoms with E-state index in [1.54, 1.807) is 37.1 Å². The first-order valence-electron chi connectivity index (χ1n) is 6.94. The van der Waals surface area contributed by atoms with Crippen LogP contribution in [0.5, 0.6) is 0 Å². The van der Waals surface area contributed by atoms with Gasteiger partial charge in [-0.3, -0.25) is 0 Å². The number of hydrogen-bond acceptors (Lipinski definition) is 2. The Kier molecular flexibility index (Phi) is 4.95. The molecule has 110 valence electrons. The fourth-order valence-corrected chi connectivity index (χ4v) is 2.48. The lowest BCUT2D eigenvalue weighted by molar-refractivity contribution is 0.0500. The number of ether oxygens (including phenoxy) is 1. The molecule has 5 heteroatoms. The second-order valence-electron chi connectivity index (χ2n) is 5.11. The lowest BCUT2D eigenvalue weighted by Gasteiger charge is -2.32. The van der Waals surface area contributed by atoms with Crippen LogP contribution in [0, 0.1) is 5.82 Å². The molecule has 1 saturated heterocycles. The van der Waals surface area contributed by atoms with Gasteiger partial charge < -0.3 is 15.0 Å². The highest BCUT2D eigenvalue weighted by molar-refractivity contribution is 5.74. The number of urea groups is 1. The maximum atomic E-state index is 13.6. The zero-order valence-electron chi connectivity index (χ0n) is 11.9. The Morgan fingerprint density at radius 3 is 2.65 bits per heavy atom.